The third-order valence-corrected chi connectivity index (χ3v) is 3.89. The van der Waals surface area contributed by atoms with Gasteiger partial charge in [0.25, 0.3) is 0 Å². The van der Waals surface area contributed by atoms with Gasteiger partial charge in [0.1, 0.15) is 11.5 Å². The normalized spacial score (nSPS) is 11.5. The molecule has 0 aliphatic heterocycles. The van der Waals surface area contributed by atoms with Crippen LogP contribution in [-0.2, 0) is 5.41 Å². The zero-order valence-corrected chi connectivity index (χ0v) is 11.7. The van der Waals surface area contributed by atoms with Crippen LogP contribution >= 0.6 is 0 Å². The number of phenolic OH excluding ortho intramolecular Hbond substituents is 2. The van der Waals surface area contributed by atoms with Crippen molar-refractivity contribution in [1.82, 2.24) is 0 Å². The number of benzene rings is 2. The molecule has 0 unspecified atom stereocenters. The molecule has 3 heteroatoms. The Kier molecular flexibility index (Phi) is 4.30. The lowest BCUT2D eigenvalue weighted by molar-refractivity contribution is 0.468. The molecule has 0 spiro atoms. The Morgan fingerprint density at radius 2 is 1.25 bits per heavy atom. The van der Waals surface area contributed by atoms with Gasteiger partial charge >= 0.3 is 0 Å². The van der Waals surface area contributed by atoms with Crippen molar-refractivity contribution in [3.63, 3.8) is 0 Å². The molecule has 0 atom stereocenters. The van der Waals surface area contributed by atoms with Crippen molar-refractivity contribution in [3.8, 4) is 11.5 Å². The van der Waals surface area contributed by atoms with Gasteiger partial charge in [-0.2, -0.15) is 0 Å². The molecule has 2 aromatic rings. The number of hydrogen-bond donors (Lipinski definition) is 3. The fourth-order valence-electron chi connectivity index (χ4n) is 2.57. The molecule has 2 rings (SSSR count). The van der Waals surface area contributed by atoms with E-state index in [2.05, 4.69) is 6.92 Å². The first-order chi connectivity index (χ1) is 9.56. The third kappa shape index (κ3) is 2.94. The quantitative estimate of drug-likeness (QED) is 0.782. The number of rotatable bonds is 5. The van der Waals surface area contributed by atoms with Gasteiger partial charge in [-0.05, 0) is 54.8 Å². The van der Waals surface area contributed by atoms with E-state index in [1.165, 1.54) is 0 Å². The number of hydrogen-bond acceptors (Lipinski definition) is 3. The second-order valence-electron chi connectivity index (χ2n) is 5.32. The Balaban J connectivity index is 2.43. The molecule has 0 saturated carbocycles. The fraction of sp³-hybridized carbons (Fsp3) is 0.294. The third-order valence-electron chi connectivity index (χ3n) is 3.89. The van der Waals surface area contributed by atoms with Gasteiger partial charge in [-0.1, -0.05) is 31.2 Å². The Morgan fingerprint density at radius 3 is 1.60 bits per heavy atom. The van der Waals surface area contributed by atoms with E-state index in [0.717, 1.165) is 24.0 Å². The molecule has 0 radical (unpaired) electrons. The van der Waals surface area contributed by atoms with Crippen molar-refractivity contribution in [1.29, 1.82) is 0 Å². The molecule has 0 aliphatic carbocycles. The second kappa shape index (κ2) is 5.97. The largest absolute Gasteiger partial charge is 0.508 e. The van der Waals surface area contributed by atoms with Crippen LogP contribution in [0.3, 0.4) is 0 Å². The Labute approximate surface area is 119 Å². The van der Waals surface area contributed by atoms with Gasteiger partial charge in [0, 0.05) is 5.41 Å². The van der Waals surface area contributed by atoms with Crippen LogP contribution in [0.4, 0.5) is 0 Å². The molecule has 20 heavy (non-hydrogen) atoms. The van der Waals surface area contributed by atoms with Gasteiger partial charge in [-0.3, -0.25) is 0 Å². The summed E-state index contributed by atoms with van der Waals surface area (Å²) >= 11 is 0. The van der Waals surface area contributed by atoms with Crippen molar-refractivity contribution in [2.24, 2.45) is 5.73 Å². The topological polar surface area (TPSA) is 66.5 Å². The summed E-state index contributed by atoms with van der Waals surface area (Å²) in [4.78, 5) is 0. The van der Waals surface area contributed by atoms with E-state index in [-0.39, 0.29) is 16.9 Å². The van der Waals surface area contributed by atoms with Gasteiger partial charge in [0.15, 0.2) is 0 Å². The molecule has 0 aromatic heterocycles. The molecule has 0 amide bonds. The second-order valence-corrected chi connectivity index (χ2v) is 5.32. The summed E-state index contributed by atoms with van der Waals surface area (Å²) < 4.78 is 0. The molecular weight excluding hydrogens is 250 g/mol. The van der Waals surface area contributed by atoms with E-state index in [1.807, 2.05) is 24.3 Å². The minimum Gasteiger partial charge on any atom is -0.508 e. The van der Waals surface area contributed by atoms with Gasteiger partial charge in [0.2, 0.25) is 0 Å². The summed E-state index contributed by atoms with van der Waals surface area (Å²) in [7, 11) is 0. The summed E-state index contributed by atoms with van der Waals surface area (Å²) in [5.74, 6) is 0.529. The predicted octanol–water partition coefficient (Wildman–Crippen LogP) is 3.14. The van der Waals surface area contributed by atoms with E-state index in [0.29, 0.717) is 6.54 Å². The molecular formula is C17H21NO2. The lowest BCUT2D eigenvalue weighted by Crippen LogP contribution is -2.24. The summed E-state index contributed by atoms with van der Waals surface area (Å²) in [6.45, 7) is 2.81. The molecule has 4 N–H and O–H groups in total. The predicted molar refractivity (Wildman–Crippen MR) is 81.0 cm³/mol. The molecule has 0 bridgehead atoms. The van der Waals surface area contributed by atoms with Crippen LogP contribution in [0.5, 0.6) is 11.5 Å². The zero-order chi connectivity index (χ0) is 14.6. The van der Waals surface area contributed by atoms with E-state index in [1.54, 1.807) is 24.3 Å². The first-order valence-electron chi connectivity index (χ1n) is 6.85. The minimum atomic E-state index is -0.180. The lowest BCUT2D eigenvalue weighted by Gasteiger charge is -2.31. The van der Waals surface area contributed by atoms with E-state index in [4.69, 9.17) is 5.73 Å². The van der Waals surface area contributed by atoms with Crippen LogP contribution < -0.4 is 5.73 Å². The average Bonchev–Trinajstić information content (AvgIpc) is 2.46. The van der Waals surface area contributed by atoms with Gasteiger partial charge in [0.05, 0.1) is 0 Å². The highest BCUT2D eigenvalue weighted by atomic mass is 16.3. The molecule has 0 saturated heterocycles. The molecule has 0 aliphatic rings. The highest BCUT2D eigenvalue weighted by Gasteiger charge is 2.28. The van der Waals surface area contributed by atoms with Crippen LogP contribution in [0.15, 0.2) is 48.5 Å². The van der Waals surface area contributed by atoms with Crippen LogP contribution in [0, 0.1) is 0 Å². The van der Waals surface area contributed by atoms with Gasteiger partial charge in [-0.25, -0.2) is 0 Å². The van der Waals surface area contributed by atoms with Crippen molar-refractivity contribution >= 4 is 0 Å². The SMILES string of the molecule is CC(CCCN)(c1ccc(O)cc1)c1ccc(O)cc1. The van der Waals surface area contributed by atoms with Gasteiger partial charge in [-0.15, -0.1) is 0 Å². The van der Waals surface area contributed by atoms with E-state index < -0.39 is 0 Å². The Morgan fingerprint density at radius 1 is 0.850 bits per heavy atom. The van der Waals surface area contributed by atoms with E-state index >= 15 is 0 Å². The first kappa shape index (κ1) is 14.4. The molecule has 0 heterocycles. The fourth-order valence-corrected chi connectivity index (χ4v) is 2.57. The average molecular weight is 271 g/mol. The summed E-state index contributed by atoms with van der Waals surface area (Å²) in [5.41, 5.74) is 7.75. The van der Waals surface area contributed by atoms with Crippen molar-refractivity contribution in [2.75, 3.05) is 6.54 Å². The lowest BCUT2D eigenvalue weighted by atomic mass is 9.73. The Hall–Kier alpha value is -2.00. The molecule has 2 aromatic carbocycles. The number of aromatic hydroxyl groups is 2. The van der Waals surface area contributed by atoms with Crippen molar-refractivity contribution in [3.05, 3.63) is 59.7 Å². The smallest absolute Gasteiger partial charge is 0.115 e. The zero-order valence-electron chi connectivity index (χ0n) is 11.7. The first-order valence-corrected chi connectivity index (χ1v) is 6.85. The molecule has 106 valence electrons. The van der Waals surface area contributed by atoms with Crippen LogP contribution in [0.25, 0.3) is 0 Å². The summed E-state index contributed by atoms with van der Waals surface area (Å²) in [6, 6.07) is 14.6. The van der Waals surface area contributed by atoms with E-state index in [9.17, 15) is 10.2 Å². The van der Waals surface area contributed by atoms with Crippen molar-refractivity contribution in [2.45, 2.75) is 25.2 Å². The summed E-state index contributed by atoms with van der Waals surface area (Å²) in [5, 5.41) is 18.9. The minimum absolute atomic E-state index is 0.180. The maximum absolute atomic E-state index is 9.45. The van der Waals surface area contributed by atoms with Crippen LogP contribution in [0.1, 0.15) is 30.9 Å². The molecule has 3 nitrogen and oxygen atoms in total. The van der Waals surface area contributed by atoms with Crippen LogP contribution in [-0.4, -0.2) is 16.8 Å². The standard InChI is InChI=1S/C17H21NO2/c1-17(11-2-12-18,13-3-7-15(19)8-4-13)14-5-9-16(20)10-6-14/h3-10,19-20H,2,11-12,18H2,1H3. The van der Waals surface area contributed by atoms with Crippen LogP contribution in [0.2, 0.25) is 0 Å². The maximum Gasteiger partial charge on any atom is 0.115 e. The van der Waals surface area contributed by atoms with Gasteiger partial charge < -0.3 is 15.9 Å². The monoisotopic (exact) mass is 271 g/mol. The number of phenols is 2. The summed E-state index contributed by atoms with van der Waals surface area (Å²) in [6.07, 6.45) is 1.83. The Bertz CT molecular complexity index is 501. The highest BCUT2D eigenvalue weighted by molar-refractivity contribution is 5.42. The highest BCUT2D eigenvalue weighted by Crippen LogP contribution is 2.37. The maximum atomic E-state index is 9.45. The van der Waals surface area contributed by atoms with Crippen molar-refractivity contribution < 1.29 is 10.2 Å². The molecule has 0 fully saturated rings. The number of nitrogens with two attached hydrogens (primary N) is 1.